The van der Waals surface area contributed by atoms with Gasteiger partial charge in [-0.1, -0.05) is 38.1 Å². The minimum Gasteiger partial charge on any atom is -0.235 e. The summed E-state index contributed by atoms with van der Waals surface area (Å²) in [5.41, 5.74) is 2.79. The third kappa shape index (κ3) is 2.54. The van der Waals surface area contributed by atoms with E-state index in [1.165, 1.54) is 5.56 Å². The predicted octanol–water partition coefficient (Wildman–Crippen LogP) is 3.53. The molecular formula is C15H15N3. The van der Waals surface area contributed by atoms with E-state index in [1.54, 1.807) is 12.4 Å². The van der Waals surface area contributed by atoms with Crippen LogP contribution in [0.25, 0.3) is 11.4 Å². The predicted molar refractivity (Wildman–Crippen MR) is 70.9 cm³/mol. The molecular weight excluding hydrogens is 222 g/mol. The zero-order chi connectivity index (χ0) is 13.0. The van der Waals surface area contributed by atoms with Crippen LogP contribution in [0, 0.1) is 11.3 Å². The quantitative estimate of drug-likeness (QED) is 0.820. The highest BCUT2D eigenvalue weighted by Gasteiger charge is 2.05. The van der Waals surface area contributed by atoms with E-state index in [4.69, 9.17) is 5.26 Å². The molecule has 0 fully saturated rings. The highest BCUT2D eigenvalue weighted by atomic mass is 14.9. The van der Waals surface area contributed by atoms with Crippen LogP contribution in [0.2, 0.25) is 0 Å². The van der Waals surface area contributed by atoms with Gasteiger partial charge in [0.15, 0.2) is 5.82 Å². The molecule has 0 aliphatic heterocycles. The average molecular weight is 237 g/mol. The van der Waals surface area contributed by atoms with Gasteiger partial charge in [0.05, 0.1) is 5.56 Å². The second-order valence-electron chi connectivity index (χ2n) is 4.34. The van der Waals surface area contributed by atoms with Crippen molar-refractivity contribution in [2.75, 3.05) is 0 Å². The first-order chi connectivity index (χ1) is 8.74. The Hall–Kier alpha value is -2.21. The first-order valence-corrected chi connectivity index (χ1v) is 6.07. The van der Waals surface area contributed by atoms with E-state index in [-0.39, 0.29) is 0 Å². The first-order valence-electron chi connectivity index (χ1n) is 6.07. The van der Waals surface area contributed by atoms with Crippen molar-refractivity contribution in [1.29, 1.82) is 5.26 Å². The molecule has 0 aliphatic carbocycles. The van der Waals surface area contributed by atoms with Gasteiger partial charge in [0, 0.05) is 18.0 Å². The number of benzene rings is 1. The average Bonchev–Trinajstić information content (AvgIpc) is 2.47. The monoisotopic (exact) mass is 237 g/mol. The highest BCUT2D eigenvalue weighted by Crippen LogP contribution is 2.22. The molecule has 0 aliphatic rings. The Kier molecular flexibility index (Phi) is 3.69. The van der Waals surface area contributed by atoms with Crippen LogP contribution in [0.1, 0.15) is 37.3 Å². The van der Waals surface area contributed by atoms with E-state index in [0.29, 0.717) is 17.3 Å². The van der Waals surface area contributed by atoms with Gasteiger partial charge in [-0.05, 0) is 17.9 Å². The van der Waals surface area contributed by atoms with Crippen molar-refractivity contribution in [3.8, 4) is 17.5 Å². The molecule has 2 rings (SSSR count). The topological polar surface area (TPSA) is 49.6 Å². The molecule has 90 valence electrons. The molecule has 1 heterocycles. The lowest BCUT2D eigenvalue weighted by molar-refractivity contribution is 0.734. The number of rotatable bonds is 3. The zero-order valence-electron chi connectivity index (χ0n) is 10.6. The van der Waals surface area contributed by atoms with Crippen LogP contribution < -0.4 is 0 Å². The van der Waals surface area contributed by atoms with E-state index >= 15 is 0 Å². The van der Waals surface area contributed by atoms with Crippen LogP contribution in [0.5, 0.6) is 0 Å². The molecule has 1 aromatic carbocycles. The fraction of sp³-hybridized carbons (Fsp3) is 0.267. The molecule has 18 heavy (non-hydrogen) atoms. The van der Waals surface area contributed by atoms with Crippen molar-refractivity contribution in [2.24, 2.45) is 0 Å². The minimum atomic E-state index is 0.481. The molecule has 1 atom stereocenters. The maximum atomic E-state index is 8.69. The van der Waals surface area contributed by atoms with Crippen LogP contribution in [0.4, 0.5) is 0 Å². The van der Waals surface area contributed by atoms with Crippen LogP contribution in [0.3, 0.4) is 0 Å². The summed E-state index contributed by atoms with van der Waals surface area (Å²) in [5, 5.41) is 8.69. The van der Waals surface area contributed by atoms with Crippen molar-refractivity contribution in [2.45, 2.75) is 26.2 Å². The molecule has 1 aromatic heterocycles. The Balaban J connectivity index is 2.26. The smallest absolute Gasteiger partial charge is 0.159 e. The molecule has 0 bridgehead atoms. The largest absolute Gasteiger partial charge is 0.235 e. The Bertz CT molecular complexity index is 550. The Morgan fingerprint density at radius 2 is 1.78 bits per heavy atom. The number of hydrogen-bond acceptors (Lipinski definition) is 3. The standard InChI is InChI=1S/C15H15N3/c1-3-11(2)13-4-6-14(7-5-13)15-17-9-12(8-16)10-18-15/h4-7,9-11H,3H2,1-2H3. The summed E-state index contributed by atoms with van der Waals surface area (Å²) in [4.78, 5) is 8.36. The van der Waals surface area contributed by atoms with Crippen molar-refractivity contribution in [1.82, 2.24) is 9.97 Å². The number of nitriles is 1. The second-order valence-corrected chi connectivity index (χ2v) is 4.34. The summed E-state index contributed by atoms with van der Waals surface area (Å²) in [6.45, 7) is 4.40. The van der Waals surface area contributed by atoms with Gasteiger partial charge in [-0.25, -0.2) is 9.97 Å². The number of nitrogens with zero attached hydrogens (tertiary/aromatic N) is 3. The van der Waals surface area contributed by atoms with E-state index < -0.39 is 0 Å². The lowest BCUT2D eigenvalue weighted by Crippen LogP contribution is -1.93. The summed E-state index contributed by atoms with van der Waals surface area (Å²) in [6.07, 6.45) is 4.22. The molecule has 0 saturated heterocycles. The van der Waals surface area contributed by atoms with Gasteiger partial charge in [-0.2, -0.15) is 5.26 Å². The van der Waals surface area contributed by atoms with Crippen molar-refractivity contribution in [3.63, 3.8) is 0 Å². The lowest BCUT2D eigenvalue weighted by Gasteiger charge is -2.09. The first kappa shape index (κ1) is 12.3. The number of hydrogen-bond donors (Lipinski definition) is 0. The Morgan fingerprint density at radius 3 is 2.28 bits per heavy atom. The third-order valence-corrected chi connectivity index (χ3v) is 3.13. The lowest BCUT2D eigenvalue weighted by atomic mass is 9.97. The molecule has 0 radical (unpaired) electrons. The van der Waals surface area contributed by atoms with E-state index in [1.807, 2.05) is 18.2 Å². The summed E-state index contributed by atoms with van der Waals surface area (Å²) in [7, 11) is 0. The zero-order valence-corrected chi connectivity index (χ0v) is 10.6. The van der Waals surface area contributed by atoms with Gasteiger partial charge in [-0.15, -0.1) is 0 Å². The molecule has 0 saturated carbocycles. The molecule has 0 N–H and O–H groups in total. The minimum absolute atomic E-state index is 0.481. The second kappa shape index (κ2) is 5.42. The van der Waals surface area contributed by atoms with Crippen molar-refractivity contribution >= 4 is 0 Å². The molecule has 1 unspecified atom stereocenters. The van der Waals surface area contributed by atoms with Crippen LogP contribution in [-0.4, -0.2) is 9.97 Å². The van der Waals surface area contributed by atoms with Crippen LogP contribution in [0.15, 0.2) is 36.7 Å². The summed E-state index contributed by atoms with van der Waals surface area (Å²) < 4.78 is 0. The Labute approximate surface area is 107 Å². The van der Waals surface area contributed by atoms with Gasteiger partial charge in [-0.3, -0.25) is 0 Å². The fourth-order valence-electron chi connectivity index (χ4n) is 1.73. The Morgan fingerprint density at radius 1 is 1.17 bits per heavy atom. The summed E-state index contributed by atoms with van der Waals surface area (Å²) in [6, 6.07) is 10.3. The van der Waals surface area contributed by atoms with E-state index in [9.17, 15) is 0 Å². The van der Waals surface area contributed by atoms with Gasteiger partial charge < -0.3 is 0 Å². The van der Waals surface area contributed by atoms with E-state index in [0.717, 1.165) is 12.0 Å². The molecule has 0 amide bonds. The summed E-state index contributed by atoms with van der Waals surface area (Å²) >= 11 is 0. The molecule has 3 heteroatoms. The van der Waals surface area contributed by atoms with Crippen LogP contribution >= 0.6 is 0 Å². The van der Waals surface area contributed by atoms with Gasteiger partial charge in [0.25, 0.3) is 0 Å². The summed E-state index contributed by atoms with van der Waals surface area (Å²) in [5.74, 6) is 1.23. The number of aromatic nitrogens is 2. The highest BCUT2D eigenvalue weighted by molar-refractivity contribution is 5.55. The van der Waals surface area contributed by atoms with Gasteiger partial charge in [0.1, 0.15) is 6.07 Å². The SMILES string of the molecule is CCC(C)c1ccc(-c2ncc(C#N)cn2)cc1. The molecule has 2 aromatic rings. The maximum absolute atomic E-state index is 8.69. The van der Waals surface area contributed by atoms with Crippen LogP contribution in [-0.2, 0) is 0 Å². The molecule has 0 spiro atoms. The normalized spacial score (nSPS) is 11.8. The van der Waals surface area contributed by atoms with E-state index in [2.05, 4.69) is 35.9 Å². The van der Waals surface area contributed by atoms with Crippen molar-refractivity contribution in [3.05, 3.63) is 47.8 Å². The van der Waals surface area contributed by atoms with Crippen molar-refractivity contribution < 1.29 is 0 Å². The molecule has 3 nitrogen and oxygen atoms in total. The van der Waals surface area contributed by atoms with Gasteiger partial charge >= 0.3 is 0 Å². The maximum Gasteiger partial charge on any atom is 0.159 e. The van der Waals surface area contributed by atoms with Gasteiger partial charge in [0.2, 0.25) is 0 Å². The third-order valence-electron chi connectivity index (χ3n) is 3.13. The fourth-order valence-corrected chi connectivity index (χ4v) is 1.73.